The van der Waals surface area contributed by atoms with Crippen LogP contribution in [0.1, 0.15) is 11.1 Å². The standard InChI is InChI=1S/C9H7F4NO/c1-14-8(15)5-2-3-7(10)6(4-5)9(11,12)13/h2-4H,1H3,(H,14,15)/p-1. The van der Waals surface area contributed by atoms with E-state index in [1.54, 1.807) is 0 Å². The number of hydrogen-bond acceptors (Lipinski definition) is 2. The van der Waals surface area contributed by atoms with Gasteiger partial charge in [-0.2, -0.15) is 13.2 Å². The molecular formula is C9H6F4NO-. The highest BCUT2D eigenvalue weighted by molar-refractivity contribution is 5.90. The van der Waals surface area contributed by atoms with E-state index in [0.29, 0.717) is 12.1 Å². The summed E-state index contributed by atoms with van der Waals surface area (Å²) in [6.07, 6.45) is -4.81. The largest absolute Gasteiger partial charge is 0.859 e. The van der Waals surface area contributed by atoms with Crippen molar-refractivity contribution in [1.82, 2.24) is 0 Å². The lowest BCUT2D eigenvalue weighted by molar-refractivity contribution is -0.213. The quantitative estimate of drug-likeness (QED) is 0.402. The molecule has 1 aromatic rings. The lowest BCUT2D eigenvalue weighted by Gasteiger charge is -2.13. The topological polar surface area (TPSA) is 35.4 Å². The fourth-order valence-corrected chi connectivity index (χ4v) is 1.00. The first-order valence-corrected chi connectivity index (χ1v) is 3.87. The average Bonchev–Trinajstić information content (AvgIpc) is 2.15. The Morgan fingerprint density at radius 1 is 1.33 bits per heavy atom. The van der Waals surface area contributed by atoms with Crippen molar-refractivity contribution in [3.05, 3.63) is 35.1 Å². The van der Waals surface area contributed by atoms with Gasteiger partial charge in [-0.1, -0.05) is 6.07 Å². The van der Waals surface area contributed by atoms with E-state index in [1.165, 1.54) is 0 Å². The third-order valence-electron chi connectivity index (χ3n) is 1.72. The van der Waals surface area contributed by atoms with Gasteiger partial charge in [0.25, 0.3) is 0 Å². The second-order valence-corrected chi connectivity index (χ2v) is 2.72. The van der Waals surface area contributed by atoms with Crippen LogP contribution < -0.4 is 5.11 Å². The maximum Gasteiger partial charge on any atom is 0.419 e. The highest BCUT2D eigenvalue weighted by atomic mass is 19.4. The van der Waals surface area contributed by atoms with E-state index in [4.69, 9.17) is 0 Å². The molecule has 0 saturated carbocycles. The first kappa shape index (κ1) is 11.5. The van der Waals surface area contributed by atoms with Crippen LogP contribution in [0.5, 0.6) is 0 Å². The van der Waals surface area contributed by atoms with Crippen molar-refractivity contribution in [2.75, 3.05) is 7.05 Å². The first-order chi connectivity index (χ1) is 6.86. The lowest BCUT2D eigenvalue weighted by Crippen LogP contribution is -2.20. The van der Waals surface area contributed by atoms with Crippen LogP contribution in [-0.2, 0) is 6.18 Å². The summed E-state index contributed by atoms with van der Waals surface area (Å²) in [4.78, 5) is 3.18. The van der Waals surface area contributed by atoms with Crippen LogP contribution in [-0.4, -0.2) is 12.9 Å². The molecule has 15 heavy (non-hydrogen) atoms. The van der Waals surface area contributed by atoms with Gasteiger partial charge in [-0.25, -0.2) is 4.39 Å². The van der Waals surface area contributed by atoms with Crippen molar-refractivity contribution in [2.45, 2.75) is 6.18 Å². The van der Waals surface area contributed by atoms with E-state index < -0.39 is 23.5 Å². The molecule has 0 saturated heterocycles. The van der Waals surface area contributed by atoms with Crippen molar-refractivity contribution in [3.8, 4) is 0 Å². The molecule has 82 valence electrons. The van der Waals surface area contributed by atoms with Crippen molar-refractivity contribution in [2.24, 2.45) is 4.99 Å². The van der Waals surface area contributed by atoms with Gasteiger partial charge in [0, 0.05) is 7.05 Å². The molecule has 0 aliphatic carbocycles. The van der Waals surface area contributed by atoms with Gasteiger partial charge in [0.15, 0.2) is 0 Å². The molecule has 1 aromatic carbocycles. The number of rotatable bonds is 1. The molecule has 0 bridgehead atoms. The number of hydrogen-bond donors (Lipinski definition) is 0. The molecule has 0 atom stereocenters. The highest BCUT2D eigenvalue weighted by Crippen LogP contribution is 2.31. The van der Waals surface area contributed by atoms with Crippen molar-refractivity contribution >= 4 is 5.90 Å². The number of halogens is 4. The van der Waals surface area contributed by atoms with E-state index in [2.05, 4.69) is 4.99 Å². The number of benzene rings is 1. The van der Waals surface area contributed by atoms with Crippen LogP contribution in [0.4, 0.5) is 17.6 Å². The molecule has 0 aromatic heterocycles. The zero-order valence-corrected chi connectivity index (χ0v) is 7.60. The summed E-state index contributed by atoms with van der Waals surface area (Å²) in [5.41, 5.74) is -1.75. The summed E-state index contributed by atoms with van der Waals surface area (Å²) in [5.74, 6) is -2.23. The fourth-order valence-electron chi connectivity index (χ4n) is 1.00. The predicted molar refractivity (Wildman–Crippen MR) is 43.9 cm³/mol. The maximum atomic E-state index is 12.8. The summed E-state index contributed by atoms with van der Waals surface area (Å²) in [6.45, 7) is 0. The Labute approximate surface area is 82.9 Å². The minimum atomic E-state index is -4.81. The van der Waals surface area contributed by atoms with Crippen molar-refractivity contribution < 1.29 is 22.7 Å². The monoisotopic (exact) mass is 220 g/mol. The third-order valence-corrected chi connectivity index (χ3v) is 1.72. The van der Waals surface area contributed by atoms with Crippen LogP contribution in [0, 0.1) is 5.82 Å². The highest BCUT2D eigenvalue weighted by Gasteiger charge is 2.34. The number of alkyl halides is 3. The van der Waals surface area contributed by atoms with Gasteiger partial charge < -0.3 is 10.1 Å². The number of nitrogens with zero attached hydrogens (tertiary/aromatic N) is 1. The Balaban J connectivity index is 3.29. The van der Waals surface area contributed by atoms with E-state index in [1.807, 2.05) is 0 Å². The lowest BCUT2D eigenvalue weighted by atomic mass is 10.1. The molecule has 2 nitrogen and oxygen atoms in total. The Bertz CT molecular complexity index is 398. The molecule has 1 rings (SSSR count). The summed E-state index contributed by atoms with van der Waals surface area (Å²) in [5, 5.41) is 10.9. The van der Waals surface area contributed by atoms with E-state index in [-0.39, 0.29) is 5.56 Å². The summed E-state index contributed by atoms with van der Waals surface area (Å²) in [6, 6.07) is 2.01. The smallest absolute Gasteiger partial charge is 0.419 e. The molecule has 0 unspecified atom stereocenters. The summed E-state index contributed by atoms with van der Waals surface area (Å²) >= 11 is 0. The number of aliphatic imine (C=N–C) groups is 1. The third kappa shape index (κ3) is 2.45. The van der Waals surface area contributed by atoms with Crippen molar-refractivity contribution in [1.29, 1.82) is 0 Å². The minimum absolute atomic E-state index is 0.286. The Hall–Kier alpha value is -1.59. The Morgan fingerprint density at radius 3 is 2.40 bits per heavy atom. The molecule has 0 aliphatic heterocycles. The van der Waals surface area contributed by atoms with Crippen LogP contribution in [0.25, 0.3) is 0 Å². The van der Waals surface area contributed by atoms with Gasteiger partial charge in [-0.15, -0.1) is 0 Å². The normalized spacial score (nSPS) is 13.0. The molecule has 0 heterocycles. The van der Waals surface area contributed by atoms with Crippen LogP contribution in [0.3, 0.4) is 0 Å². The van der Waals surface area contributed by atoms with Gasteiger partial charge in [-0.05, 0) is 23.6 Å². The predicted octanol–water partition coefficient (Wildman–Crippen LogP) is 1.58. The van der Waals surface area contributed by atoms with E-state index in [9.17, 15) is 22.7 Å². The Kier molecular flexibility index (Phi) is 2.97. The molecule has 0 radical (unpaired) electrons. The van der Waals surface area contributed by atoms with E-state index in [0.717, 1.165) is 13.1 Å². The van der Waals surface area contributed by atoms with Gasteiger partial charge in [0.1, 0.15) is 5.82 Å². The second kappa shape index (κ2) is 3.88. The molecule has 0 amide bonds. The van der Waals surface area contributed by atoms with Crippen LogP contribution >= 0.6 is 0 Å². The average molecular weight is 220 g/mol. The summed E-state index contributed by atoms with van der Waals surface area (Å²) < 4.78 is 49.4. The van der Waals surface area contributed by atoms with Gasteiger partial charge >= 0.3 is 6.18 Å². The van der Waals surface area contributed by atoms with E-state index >= 15 is 0 Å². The fraction of sp³-hybridized carbons (Fsp3) is 0.222. The first-order valence-electron chi connectivity index (χ1n) is 3.87. The SMILES string of the molecule is CN=C([O-])c1ccc(F)c(C(F)(F)F)c1. The molecular weight excluding hydrogens is 214 g/mol. The van der Waals surface area contributed by atoms with Crippen LogP contribution in [0.2, 0.25) is 0 Å². The second-order valence-electron chi connectivity index (χ2n) is 2.72. The molecule has 0 fully saturated rings. The van der Waals surface area contributed by atoms with Gasteiger partial charge in [0.05, 0.1) is 5.56 Å². The molecule has 6 heteroatoms. The van der Waals surface area contributed by atoms with Crippen molar-refractivity contribution in [3.63, 3.8) is 0 Å². The molecule has 0 N–H and O–H groups in total. The summed E-state index contributed by atoms with van der Waals surface area (Å²) in [7, 11) is 1.15. The Morgan fingerprint density at radius 2 is 1.93 bits per heavy atom. The van der Waals surface area contributed by atoms with Gasteiger partial charge in [0.2, 0.25) is 0 Å². The maximum absolute atomic E-state index is 12.8. The molecule has 0 spiro atoms. The van der Waals surface area contributed by atoms with Gasteiger partial charge in [-0.3, -0.25) is 0 Å². The zero-order chi connectivity index (χ0) is 11.6. The molecule has 0 aliphatic rings. The van der Waals surface area contributed by atoms with Crippen LogP contribution in [0.15, 0.2) is 23.2 Å². The minimum Gasteiger partial charge on any atom is -0.859 e. The zero-order valence-electron chi connectivity index (χ0n) is 7.60.